The van der Waals surface area contributed by atoms with E-state index in [0.717, 1.165) is 6.54 Å². The highest BCUT2D eigenvalue weighted by molar-refractivity contribution is 5.52. The van der Waals surface area contributed by atoms with Crippen molar-refractivity contribution in [3.8, 4) is 0 Å². The number of fused-ring (bicyclic) bond motifs is 1. The molecule has 0 spiro atoms. The molecule has 1 heteroatoms. The van der Waals surface area contributed by atoms with Crippen molar-refractivity contribution in [3.05, 3.63) is 29.8 Å². The predicted molar refractivity (Wildman–Crippen MR) is 42.1 cm³/mol. The van der Waals surface area contributed by atoms with Gasteiger partial charge >= 0.3 is 0 Å². The quantitative estimate of drug-likeness (QED) is 0.568. The van der Waals surface area contributed by atoms with Crippen LogP contribution in [0.4, 0.5) is 5.69 Å². The molecule has 0 fully saturated rings. The van der Waals surface area contributed by atoms with E-state index < -0.39 is 0 Å². The van der Waals surface area contributed by atoms with Crippen LogP contribution in [-0.4, -0.2) is 6.54 Å². The second kappa shape index (κ2) is 2.33. The molecule has 0 saturated heterocycles. The first-order valence-electron chi connectivity index (χ1n) is 3.70. The van der Waals surface area contributed by atoms with E-state index in [9.17, 15) is 0 Å². The van der Waals surface area contributed by atoms with E-state index in [-0.39, 0.29) is 0 Å². The highest BCUT2D eigenvalue weighted by Gasteiger charge is 2.04. The van der Waals surface area contributed by atoms with Gasteiger partial charge in [0.25, 0.3) is 0 Å². The molecule has 0 unspecified atom stereocenters. The van der Waals surface area contributed by atoms with Gasteiger partial charge in [0.1, 0.15) is 0 Å². The molecule has 0 aromatic heterocycles. The molecule has 1 nitrogen and oxygen atoms in total. The fourth-order valence-corrected chi connectivity index (χ4v) is 1.35. The average Bonchev–Trinajstić information content (AvgIpc) is 2.05. The van der Waals surface area contributed by atoms with Crippen molar-refractivity contribution in [2.75, 3.05) is 11.9 Å². The van der Waals surface area contributed by atoms with Gasteiger partial charge in [0.2, 0.25) is 0 Å². The second-order valence-corrected chi connectivity index (χ2v) is 2.61. The number of rotatable bonds is 0. The van der Waals surface area contributed by atoms with Crippen LogP contribution in [0.2, 0.25) is 0 Å². The third-order valence-electron chi connectivity index (χ3n) is 1.89. The lowest BCUT2D eigenvalue weighted by Gasteiger charge is -2.16. The standard InChI is InChI=1S/C9H10N/c1-2-6-9-8(4-1)5-3-7-10-9/h2,4,6,10H,3,5,7H2. The van der Waals surface area contributed by atoms with Crippen LogP contribution in [0.5, 0.6) is 0 Å². The molecule has 1 radical (unpaired) electrons. The maximum Gasteiger partial charge on any atom is 0.0373 e. The van der Waals surface area contributed by atoms with E-state index in [4.69, 9.17) is 0 Å². The molecular weight excluding hydrogens is 122 g/mol. The van der Waals surface area contributed by atoms with Crippen LogP contribution in [0.25, 0.3) is 0 Å². The van der Waals surface area contributed by atoms with E-state index in [2.05, 4.69) is 23.5 Å². The SMILES string of the molecule is [c]1ccc2c(c1)CCCN2. The first kappa shape index (κ1) is 5.78. The number of hydrogen-bond acceptors (Lipinski definition) is 1. The summed E-state index contributed by atoms with van der Waals surface area (Å²) in [7, 11) is 0. The van der Waals surface area contributed by atoms with Crippen LogP contribution >= 0.6 is 0 Å². The zero-order chi connectivity index (χ0) is 6.81. The van der Waals surface area contributed by atoms with Crippen molar-refractivity contribution in [1.29, 1.82) is 0 Å². The van der Waals surface area contributed by atoms with Gasteiger partial charge in [0.05, 0.1) is 0 Å². The summed E-state index contributed by atoms with van der Waals surface area (Å²) in [5.74, 6) is 0. The third-order valence-corrected chi connectivity index (χ3v) is 1.89. The molecule has 51 valence electrons. The van der Waals surface area contributed by atoms with Crippen molar-refractivity contribution < 1.29 is 0 Å². The Morgan fingerprint density at radius 3 is 3.40 bits per heavy atom. The summed E-state index contributed by atoms with van der Waals surface area (Å²) >= 11 is 0. The van der Waals surface area contributed by atoms with E-state index >= 15 is 0 Å². The van der Waals surface area contributed by atoms with Gasteiger partial charge in [-0.05, 0) is 36.6 Å². The van der Waals surface area contributed by atoms with Crippen molar-refractivity contribution in [2.24, 2.45) is 0 Å². The fraction of sp³-hybridized carbons (Fsp3) is 0.333. The Bertz CT molecular complexity index is 205. The number of anilines is 1. The normalized spacial score (nSPS) is 15.6. The van der Waals surface area contributed by atoms with Crippen molar-refractivity contribution in [1.82, 2.24) is 0 Å². The van der Waals surface area contributed by atoms with Crippen LogP contribution in [-0.2, 0) is 6.42 Å². The molecular formula is C9H10N. The minimum Gasteiger partial charge on any atom is -0.385 e. The van der Waals surface area contributed by atoms with Crippen LogP contribution in [0.3, 0.4) is 0 Å². The topological polar surface area (TPSA) is 12.0 Å². The minimum atomic E-state index is 1.12. The van der Waals surface area contributed by atoms with Gasteiger partial charge in [-0.1, -0.05) is 6.07 Å². The smallest absolute Gasteiger partial charge is 0.0373 e. The van der Waals surface area contributed by atoms with Crippen molar-refractivity contribution in [3.63, 3.8) is 0 Å². The maximum atomic E-state index is 3.34. The molecule has 0 saturated carbocycles. The molecule has 10 heavy (non-hydrogen) atoms. The molecule has 0 amide bonds. The highest BCUT2D eigenvalue weighted by atomic mass is 14.9. The zero-order valence-electron chi connectivity index (χ0n) is 5.85. The zero-order valence-corrected chi connectivity index (χ0v) is 5.85. The molecule has 0 bridgehead atoms. The lowest BCUT2D eigenvalue weighted by atomic mass is 10.0. The fourth-order valence-electron chi connectivity index (χ4n) is 1.35. The van der Waals surface area contributed by atoms with Gasteiger partial charge in [0, 0.05) is 12.2 Å². The van der Waals surface area contributed by atoms with E-state index in [1.165, 1.54) is 24.1 Å². The number of benzene rings is 1. The predicted octanol–water partition coefficient (Wildman–Crippen LogP) is 1.84. The highest BCUT2D eigenvalue weighted by Crippen LogP contribution is 2.19. The van der Waals surface area contributed by atoms with E-state index in [1.54, 1.807) is 0 Å². The number of hydrogen-bond donors (Lipinski definition) is 1. The van der Waals surface area contributed by atoms with Gasteiger partial charge in [-0.25, -0.2) is 0 Å². The van der Waals surface area contributed by atoms with Gasteiger partial charge in [-0.15, -0.1) is 0 Å². The van der Waals surface area contributed by atoms with E-state index in [0.29, 0.717) is 0 Å². The molecule has 1 aromatic rings. The Hall–Kier alpha value is -0.980. The molecule has 1 aliphatic rings. The summed E-state index contributed by atoms with van der Waals surface area (Å²) < 4.78 is 0. The van der Waals surface area contributed by atoms with Crippen LogP contribution < -0.4 is 5.32 Å². The van der Waals surface area contributed by atoms with Crippen LogP contribution in [0.15, 0.2) is 18.2 Å². The Morgan fingerprint density at radius 1 is 1.50 bits per heavy atom. The molecule has 0 aliphatic carbocycles. The van der Waals surface area contributed by atoms with Gasteiger partial charge in [0.15, 0.2) is 0 Å². The first-order chi connectivity index (χ1) is 4.97. The summed E-state index contributed by atoms with van der Waals surface area (Å²) in [5.41, 5.74) is 2.71. The molecule has 1 aliphatic heterocycles. The Balaban J connectivity index is 2.41. The van der Waals surface area contributed by atoms with Gasteiger partial charge in [-0.3, -0.25) is 0 Å². The Morgan fingerprint density at radius 2 is 2.50 bits per heavy atom. The maximum absolute atomic E-state index is 3.34. The molecule has 1 aromatic carbocycles. The van der Waals surface area contributed by atoms with Gasteiger partial charge < -0.3 is 5.32 Å². The Labute approximate surface area is 61.1 Å². The molecule has 1 heterocycles. The molecule has 2 rings (SSSR count). The summed E-state index contributed by atoms with van der Waals surface area (Å²) in [4.78, 5) is 0. The summed E-state index contributed by atoms with van der Waals surface area (Å²) in [5, 5.41) is 3.34. The average molecular weight is 132 g/mol. The van der Waals surface area contributed by atoms with Crippen LogP contribution in [0.1, 0.15) is 12.0 Å². The summed E-state index contributed by atoms with van der Waals surface area (Å²) in [6.45, 7) is 1.12. The summed E-state index contributed by atoms with van der Waals surface area (Å²) in [6, 6.07) is 9.20. The van der Waals surface area contributed by atoms with Crippen LogP contribution in [0, 0.1) is 6.07 Å². The largest absolute Gasteiger partial charge is 0.385 e. The van der Waals surface area contributed by atoms with Crippen molar-refractivity contribution >= 4 is 5.69 Å². The lowest BCUT2D eigenvalue weighted by Crippen LogP contribution is -2.10. The number of aryl methyl sites for hydroxylation is 1. The minimum absolute atomic E-state index is 1.12. The first-order valence-corrected chi connectivity index (χ1v) is 3.70. The second-order valence-electron chi connectivity index (χ2n) is 2.61. The third kappa shape index (κ3) is 0.878. The lowest BCUT2D eigenvalue weighted by molar-refractivity contribution is 0.830. The number of nitrogens with one attached hydrogen (secondary N) is 1. The van der Waals surface area contributed by atoms with E-state index in [1.807, 2.05) is 6.07 Å². The van der Waals surface area contributed by atoms with Crippen molar-refractivity contribution in [2.45, 2.75) is 12.8 Å². The van der Waals surface area contributed by atoms with Gasteiger partial charge in [-0.2, -0.15) is 0 Å². The molecule has 1 N–H and O–H groups in total. The monoisotopic (exact) mass is 132 g/mol. The summed E-state index contributed by atoms with van der Waals surface area (Å²) in [6.07, 6.45) is 2.46. The molecule has 0 atom stereocenters. The Kier molecular flexibility index (Phi) is 1.35.